The minimum Gasteiger partial charge on any atom is -0.467 e. The Morgan fingerprint density at radius 3 is 2.00 bits per heavy atom. The molecule has 0 bridgehead atoms. The smallest absolute Gasteiger partial charge is 0.233 e. The van der Waals surface area contributed by atoms with Crippen LogP contribution in [-0.4, -0.2) is 21.3 Å². The van der Waals surface area contributed by atoms with Crippen LogP contribution in [0.4, 0.5) is 0 Å². The van der Waals surface area contributed by atoms with Gasteiger partial charge < -0.3 is 13.7 Å². The van der Waals surface area contributed by atoms with E-state index in [4.69, 9.17) is 8.83 Å². The molecule has 0 aliphatic rings. The first kappa shape index (κ1) is 15.8. The predicted octanol–water partition coefficient (Wildman–Crippen LogP) is 3.93. The van der Waals surface area contributed by atoms with Crippen LogP contribution in [0.3, 0.4) is 0 Å². The van der Waals surface area contributed by atoms with Gasteiger partial charge >= 0.3 is 0 Å². The number of carbonyl (C=O) groups excluding carboxylic acids is 1. The molecular weight excluding hydrogens is 286 g/mol. The summed E-state index contributed by atoms with van der Waals surface area (Å²) in [6.45, 7) is 7.23. The number of rotatable bonds is 6. The maximum atomic E-state index is 12.5. The lowest BCUT2D eigenvalue weighted by molar-refractivity contribution is -0.130. The van der Waals surface area contributed by atoms with Crippen molar-refractivity contribution in [3.8, 4) is 0 Å². The van der Waals surface area contributed by atoms with Crippen LogP contribution in [0, 0.1) is 0 Å². The third-order valence-electron chi connectivity index (χ3n) is 2.83. The fraction of sp³-hybridized carbons (Fsp3) is 0.438. The molecular formula is C16H21NO3S. The molecule has 0 saturated heterocycles. The summed E-state index contributed by atoms with van der Waals surface area (Å²) < 4.78 is 10.8. The zero-order valence-corrected chi connectivity index (χ0v) is 13.5. The lowest BCUT2D eigenvalue weighted by atomic mass is 10.3. The molecule has 0 radical (unpaired) electrons. The van der Waals surface area contributed by atoms with Crippen LogP contribution in [0.1, 0.15) is 32.3 Å². The molecule has 2 aromatic rings. The topological polar surface area (TPSA) is 46.6 Å². The average Bonchev–Trinajstić information content (AvgIpc) is 3.07. The summed E-state index contributed by atoms with van der Waals surface area (Å²) in [5, 5.41) is 0. The van der Waals surface area contributed by atoms with Gasteiger partial charge in [0.15, 0.2) is 0 Å². The maximum absolute atomic E-state index is 12.5. The molecule has 0 atom stereocenters. The molecule has 1 amide bonds. The molecule has 0 spiro atoms. The van der Waals surface area contributed by atoms with Gasteiger partial charge in [0.05, 0.1) is 31.4 Å². The lowest BCUT2D eigenvalue weighted by Crippen LogP contribution is -2.32. The van der Waals surface area contributed by atoms with Crippen LogP contribution in [0.15, 0.2) is 45.6 Å². The van der Waals surface area contributed by atoms with E-state index in [1.54, 1.807) is 29.2 Å². The molecule has 0 N–H and O–H groups in total. The van der Waals surface area contributed by atoms with E-state index < -0.39 is 0 Å². The average molecular weight is 307 g/mol. The standard InChI is InChI=1S/C16H21NO3S/c1-16(2,3)21-12-15(18)17(10-13-6-4-8-19-13)11-14-7-5-9-20-14/h4-9H,10-12H2,1-3H3. The van der Waals surface area contributed by atoms with Gasteiger partial charge in [-0.15, -0.1) is 11.8 Å². The normalized spacial score (nSPS) is 11.6. The van der Waals surface area contributed by atoms with E-state index in [0.29, 0.717) is 18.8 Å². The summed E-state index contributed by atoms with van der Waals surface area (Å²) in [5.41, 5.74) is 0. The van der Waals surface area contributed by atoms with E-state index in [0.717, 1.165) is 11.5 Å². The Kier molecular flexibility index (Phi) is 5.17. The fourth-order valence-corrected chi connectivity index (χ4v) is 2.52. The molecule has 0 fully saturated rings. The van der Waals surface area contributed by atoms with Gasteiger partial charge in [0.1, 0.15) is 11.5 Å². The Labute approximate surface area is 129 Å². The highest BCUT2D eigenvalue weighted by atomic mass is 32.2. The molecule has 21 heavy (non-hydrogen) atoms. The van der Waals surface area contributed by atoms with Crippen molar-refractivity contribution < 1.29 is 13.6 Å². The van der Waals surface area contributed by atoms with Gasteiger partial charge in [-0.25, -0.2) is 0 Å². The minimum absolute atomic E-state index is 0.0662. The van der Waals surface area contributed by atoms with E-state index >= 15 is 0 Å². The van der Waals surface area contributed by atoms with Crippen LogP contribution in [0.2, 0.25) is 0 Å². The Bertz CT molecular complexity index is 504. The van der Waals surface area contributed by atoms with E-state index in [2.05, 4.69) is 20.8 Å². The lowest BCUT2D eigenvalue weighted by Gasteiger charge is -2.23. The molecule has 2 aromatic heterocycles. The number of carbonyl (C=O) groups is 1. The zero-order valence-electron chi connectivity index (χ0n) is 12.7. The molecule has 2 heterocycles. The van der Waals surface area contributed by atoms with Crippen LogP contribution < -0.4 is 0 Å². The number of hydrogen-bond donors (Lipinski definition) is 0. The number of nitrogens with zero attached hydrogens (tertiary/aromatic N) is 1. The maximum Gasteiger partial charge on any atom is 0.233 e. The Balaban J connectivity index is 2.01. The Morgan fingerprint density at radius 1 is 1.10 bits per heavy atom. The first-order valence-corrected chi connectivity index (χ1v) is 7.89. The van der Waals surface area contributed by atoms with Gasteiger partial charge in [0.25, 0.3) is 0 Å². The third kappa shape index (κ3) is 5.34. The zero-order chi connectivity index (χ0) is 15.3. The van der Waals surface area contributed by atoms with Gasteiger partial charge in [0, 0.05) is 4.75 Å². The summed E-state index contributed by atoms with van der Waals surface area (Å²) in [6.07, 6.45) is 3.24. The summed E-state index contributed by atoms with van der Waals surface area (Å²) in [4.78, 5) is 14.2. The first-order chi connectivity index (χ1) is 9.94. The van der Waals surface area contributed by atoms with Crippen LogP contribution in [0.25, 0.3) is 0 Å². The van der Waals surface area contributed by atoms with E-state index in [-0.39, 0.29) is 10.7 Å². The second kappa shape index (κ2) is 6.89. The van der Waals surface area contributed by atoms with Crippen LogP contribution in [0.5, 0.6) is 0 Å². The largest absolute Gasteiger partial charge is 0.467 e. The summed E-state index contributed by atoms with van der Waals surface area (Å²) in [7, 11) is 0. The highest BCUT2D eigenvalue weighted by Crippen LogP contribution is 2.24. The van der Waals surface area contributed by atoms with Gasteiger partial charge in [0.2, 0.25) is 5.91 Å². The van der Waals surface area contributed by atoms with Crippen LogP contribution >= 0.6 is 11.8 Å². The van der Waals surface area contributed by atoms with E-state index in [1.165, 1.54) is 0 Å². The van der Waals surface area contributed by atoms with Crippen molar-refractivity contribution in [1.82, 2.24) is 4.90 Å². The molecule has 2 rings (SSSR count). The van der Waals surface area contributed by atoms with Crippen molar-refractivity contribution >= 4 is 17.7 Å². The Morgan fingerprint density at radius 2 is 1.62 bits per heavy atom. The van der Waals surface area contributed by atoms with Gasteiger partial charge in [-0.1, -0.05) is 20.8 Å². The number of thioether (sulfide) groups is 1. The van der Waals surface area contributed by atoms with E-state index in [9.17, 15) is 4.79 Å². The van der Waals surface area contributed by atoms with Crippen molar-refractivity contribution in [1.29, 1.82) is 0 Å². The number of furan rings is 2. The van der Waals surface area contributed by atoms with Crippen molar-refractivity contribution in [2.24, 2.45) is 0 Å². The monoisotopic (exact) mass is 307 g/mol. The molecule has 4 nitrogen and oxygen atoms in total. The third-order valence-corrected chi connectivity index (χ3v) is 4.09. The highest BCUT2D eigenvalue weighted by Gasteiger charge is 2.20. The van der Waals surface area contributed by atoms with Crippen molar-refractivity contribution in [3.05, 3.63) is 48.3 Å². The van der Waals surface area contributed by atoms with Crippen LogP contribution in [-0.2, 0) is 17.9 Å². The summed E-state index contributed by atoms with van der Waals surface area (Å²) >= 11 is 1.64. The molecule has 0 saturated carbocycles. The molecule has 114 valence electrons. The number of hydrogen-bond acceptors (Lipinski definition) is 4. The minimum atomic E-state index is 0.0662. The SMILES string of the molecule is CC(C)(C)SCC(=O)N(Cc1ccco1)Cc1ccco1. The molecule has 0 aliphatic heterocycles. The van der Waals surface area contributed by atoms with Gasteiger partial charge in [-0.05, 0) is 24.3 Å². The molecule has 0 aromatic carbocycles. The second-order valence-corrected chi connectivity index (χ2v) is 7.61. The van der Waals surface area contributed by atoms with Gasteiger partial charge in [-0.3, -0.25) is 4.79 Å². The highest BCUT2D eigenvalue weighted by molar-refractivity contribution is 8.01. The van der Waals surface area contributed by atoms with Crippen molar-refractivity contribution in [2.45, 2.75) is 38.6 Å². The van der Waals surface area contributed by atoms with Crippen molar-refractivity contribution in [3.63, 3.8) is 0 Å². The molecule has 0 unspecified atom stereocenters. The predicted molar refractivity (Wildman–Crippen MR) is 83.9 cm³/mol. The molecule has 5 heteroatoms. The second-order valence-electron chi connectivity index (χ2n) is 5.81. The number of amides is 1. The van der Waals surface area contributed by atoms with Crippen molar-refractivity contribution in [2.75, 3.05) is 5.75 Å². The Hall–Kier alpha value is -1.62. The first-order valence-electron chi connectivity index (χ1n) is 6.90. The summed E-state index contributed by atoms with van der Waals surface area (Å²) in [6, 6.07) is 7.40. The van der Waals surface area contributed by atoms with Gasteiger partial charge in [-0.2, -0.15) is 0 Å². The summed E-state index contributed by atoms with van der Waals surface area (Å²) in [5.74, 6) is 2.08. The quantitative estimate of drug-likeness (QED) is 0.811. The fourth-order valence-electron chi connectivity index (χ4n) is 1.78. The molecule has 0 aliphatic carbocycles. The van der Waals surface area contributed by atoms with E-state index in [1.807, 2.05) is 24.3 Å².